The maximum Gasteiger partial charge on any atom is 0.223 e. The summed E-state index contributed by atoms with van der Waals surface area (Å²) in [5.41, 5.74) is 3.02. The summed E-state index contributed by atoms with van der Waals surface area (Å²) in [6.07, 6.45) is 1.06. The topological polar surface area (TPSA) is 89.1 Å². The Morgan fingerprint density at radius 2 is 1.61 bits per heavy atom. The maximum atomic E-state index is 13.6. The molecule has 1 heterocycles. The number of ether oxygens (including phenoxy) is 3. The highest BCUT2D eigenvalue weighted by Gasteiger charge is 2.34. The van der Waals surface area contributed by atoms with Gasteiger partial charge in [0.2, 0.25) is 17.6 Å². The molecule has 9 heteroatoms. The minimum absolute atomic E-state index is 0.0310. The van der Waals surface area contributed by atoms with E-state index in [2.05, 4.69) is 22.8 Å². The van der Waals surface area contributed by atoms with Gasteiger partial charge in [-0.05, 0) is 53.9 Å². The number of rotatable bonds is 11. The van der Waals surface area contributed by atoms with Crippen LogP contribution >= 0.6 is 11.6 Å². The summed E-state index contributed by atoms with van der Waals surface area (Å²) in [7, 11) is 4.64. The fourth-order valence-electron chi connectivity index (χ4n) is 5.37. The first kappa shape index (κ1) is 30.2. The van der Waals surface area contributed by atoms with Gasteiger partial charge in [0.25, 0.3) is 0 Å². The largest absolute Gasteiger partial charge is 0.493 e. The van der Waals surface area contributed by atoms with Crippen LogP contribution in [0.2, 0.25) is 5.02 Å². The Morgan fingerprint density at radius 1 is 0.951 bits per heavy atom. The van der Waals surface area contributed by atoms with Crippen molar-refractivity contribution in [3.05, 3.63) is 88.4 Å². The molecule has 1 saturated heterocycles. The van der Waals surface area contributed by atoms with Crippen LogP contribution < -0.4 is 24.8 Å². The molecule has 3 aromatic carbocycles. The lowest BCUT2D eigenvalue weighted by Gasteiger charge is -2.36. The number of nitrogens with one attached hydrogen (secondary N) is 2. The van der Waals surface area contributed by atoms with E-state index in [4.69, 9.17) is 25.8 Å². The minimum atomic E-state index is -0.200. The first-order valence-corrected chi connectivity index (χ1v) is 14.2. The van der Waals surface area contributed by atoms with Crippen molar-refractivity contribution in [2.45, 2.75) is 37.8 Å². The first-order valence-electron chi connectivity index (χ1n) is 13.8. The van der Waals surface area contributed by atoms with Crippen LogP contribution in [-0.4, -0.2) is 63.7 Å². The molecule has 0 aromatic heterocycles. The maximum absolute atomic E-state index is 13.6. The summed E-state index contributed by atoms with van der Waals surface area (Å²) in [6.45, 7) is 2.38. The summed E-state index contributed by atoms with van der Waals surface area (Å²) in [4.78, 5) is 28.4. The predicted octanol–water partition coefficient (Wildman–Crippen LogP) is 4.78. The lowest BCUT2D eigenvalue weighted by Crippen LogP contribution is -2.47. The van der Waals surface area contributed by atoms with Gasteiger partial charge in [-0.25, -0.2) is 0 Å². The lowest BCUT2D eigenvalue weighted by atomic mass is 9.84. The minimum Gasteiger partial charge on any atom is -0.493 e. The van der Waals surface area contributed by atoms with Gasteiger partial charge >= 0.3 is 0 Å². The zero-order valence-corrected chi connectivity index (χ0v) is 24.6. The summed E-state index contributed by atoms with van der Waals surface area (Å²) in [5, 5.41) is 7.10. The van der Waals surface area contributed by atoms with Crippen LogP contribution in [0.5, 0.6) is 17.2 Å². The Hall–Kier alpha value is -3.75. The number of carbonyl (C=O) groups is 2. The van der Waals surface area contributed by atoms with E-state index in [1.54, 1.807) is 33.5 Å². The van der Waals surface area contributed by atoms with Crippen molar-refractivity contribution in [3.8, 4) is 17.2 Å². The van der Waals surface area contributed by atoms with Gasteiger partial charge in [0.1, 0.15) is 0 Å². The number of hydrogen-bond donors (Lipinski definition) is 2. The van der Waals surface area contributed by atoms with Gasteiger partial charge < -0.3 is 29.7 Å². The van der Waals surface area contributed by atoms with Gasteiger partial charge in [0.15, 0.2) is 11.5 Å². The molecular formula is C32H38ClN3O5. The molecule has 0 radical (unpaired) electrons. The smallest absolute Gasteiger partial charge is 0.223 e. The molecule has 8 nitrogen and oxygen atoms in total. The highest BCUT2D eigenvalue weighted by molar-refractivity contribution is 6.30. The van der Waals surface area contributed by atoms with E-state index in [1.807, 2.05) is 47.4 Å². The molecule has 0 spiro atoms. The SMILES string of the molecule is COc1cc(CNC(=O)CCC(=O)N2CCCNCC2C(c2ccccc2)c2ccc(Cl)cc2)cc(OC)c1OC. The van der Waals surface area contributed by atoms with Crippen LogP contribution in [0.4, 0.5) is 0 Å². The second kappa shape index (κ2) is 14.8. The molecule has 1 fully saturated rings. The second-order valence-electron chi connectivity index (χ2n) is 9.96. The van der Waals surface area contributed by atoms with Crippen molar-refractivity contribution in [2.24, 2.45) is 0 Å². The van der Waals surface area contributed by atoms with E-state index in [-0.39, 0.29) is 43.2 Å². The quantitative estimate of drug-likeness (QED) is 0.340. The van der Waals surface area contributed by atoms with Crippen molar-refractivity contribution in [3.63, 3.8) is 0 Å². The molecule has 0 saturated carbocycles. The van der Waals surface area contributed by atoms with Gasteiger partial charge in [-0.2, -0.15) is 0 Å². The van der Waals surface area contributed by atoms with E-state index in [9.17, 15) is 9.59 Å². The van der Waals surface area contributed by atoms with Crippen molar-refractivity contribution >= 4 is 23.4 Å². The van der Waals surface area contributed by atoms with Gasteiger partial charge in [-0.3, -0.25) is 9.59 Å². The Kier molecular flexibility index (Phi) is 10.9. The summed E-state index contributed by atoms with van der Waals surface area (Å²) in [6, 6.07) is 21.6. The summed E-state index contributed by atoms with van der Waals surface area (Å²) in [5.74, 6) is 1.24. The molecule has 2 N–H and O–H groups in total. The van der Waals surface area contributed by atoms with E-state index in [0.29, 0.717) is 35.4 Å². The molecule has 41 heavy (non-hydrogen) atoms. The van der Waals surface area contributed by atoms with Gasteiger partial charge in [-0.1, -0.05) is 54.1 Å². The number of nitrogens with zero attached hydrogens (tertiary/aromatic N) is 1. The van der Waals surface area contributed by atoms with Crippen LogP contribution in [0.3, 0.4) is 0 Å². The van der Waals surface area contributed by atoms with E-state index in [1.165, 1.54) is 0 Å². The number of benzene rings is 3. The summed E-state index contributed by atoms with van der Waals surface area (Å²) < 4.78 is 16.2. The number of halogens is 1. The van der Waals surface area contributed by atoms with E-state index >= 15 is 0 Å². The third-order valence-electron chi connectivity index (χ3n) is 7.38. The molecular weight excluding hydrogens is 542 g/mol. The van der Waals surface area contributed by atoms with Gasteiger partial charge in [-0.15, -0.1) is 0 Å². The zero-order chi connectivity index (χ0) is 29.2. The molecule has 2 unspecified atom stereocenters. The molecule has 1 aliphatic heterocycles. The average molecular weight is 580 g/mol. The zero-order valence-electron chi connectivity index (χ0n) is 23.8. The van der Waals surface area contributed by atoms with Gasteiger partial charge in [0.05, 0.1) is 27.4 Å². The van der Waals surface area contributed by atoms with Crippen LogP contribution in [-0.2, 0) is 16.1 Å². The second-order valence-corrected chi connectivity index (χ2v) is 10.4. The third kappa shape index (κ3) is 7.71. The predicted molar refractivity (Wildman–Crippen MR) is 160 cm³/mol. The molecule has 218 valence electrons. The molecule has 3 aromatic rings. The van der Waals surface area contributed by atoms with Crippen LogP contribution in [0.15, 0.2) is 66.7 Å². The molecule has 0 bridgehead atoms. The van der Waals surface area contributed by atoms with Crippen molar-refractivity contribution < 1.29 is 23.8 Å². The highest BCUT2D eigenvalue weighted by atomic mass is 35.5. The Bertz CT molecular complexity index is 1280. The van der Waals surface area contributed by atoms with Crippen LogP contribution in [0, 0.1) is 0 Å². The molecule has 0 aliphatic carbocycles. The normalized spacial score (nSPS) is 15.9. The Morgan fingerprint density at radius 3 is 2.24 bits per heavy atom. The van der Waals surface area contributed by atoms with Crippen molar-refractivity contribution in [1.29, 1.82) is 0 Å². The number of amides is 2. The molecule has 4 rings (SSSR count). The Balaban J connectivity index is 1.45. The number of methoxy groups -OCH3 is 3. The molecule has 2 atom stereocenters. The fourth-order valence-corrected chi connectivity index (χ4v) is 5.49. The first-order chi connectivity index (χ1) is 19.9. The highest BCUT2D eigenvalue weighted by Crippen LogP contribution is 2.38. The van der Waals surface area contributed by atoms with Crippen LogP contribution in [0.1, 0.15) is 41.9 Å². The van der Waals surface area contributed by atoms with Crippen LogP contribution in [0.25, 0.3) is 0 Å². The lowest BCUT2D eigenvalue weighted by molar-refractivity contribution is -0.135. The average Bonchev–Trinajstić information content (AvgIpc) is 3.26. The number of carbonyl (C=O) groups excluding carboxylic acids is 2. The standard InChI is InChI=1S/C32H38ClN3O5/c1-39-27-18-22(19-28(40-2)32(27)41-3)20-35-29(37)14-15-30(38)36-17-7-16-34-21-26(36)31(23-8-5-4-6-9-23)24-10-12-25(33)13-11-24/h4-6,8-13,18-19,26,31,34H,7,14-17,20-21H2,1-3H3,(H,35,37). The van der Waals surface area contributed by atoms with Gasteiger partial charge in [0, 0.05) is 43.4 Å². The number of hydrogen-bond acceptors (Lipinski definition) is 6. The van der Waals surface area contributed by atoms with E-state index < -0.39 is 0 Å². The monoisotopic (exact) mass is 579 g/mol. The Labute approximate surface area is 246 Å². The van der Waals surface area contributed by atoms with E-state index in [0.717, 1.165) is 29.7 Å². The summed E-state index contributed by atoms with van der Waals surface area (Å²) >= 11 is 6.20. The molecule has 1 aliphatic rings. The molecule has 2 amide bonds. The van der Waals surface area contributed by atoms with Crippen molar-refractivity contribution in [2.75, 3.05) is 41.0 Å². The third-order valence-corrected chi connectivity index (χ3v) is 7.63. The van der Waals surface area contributed by atoms with Crippen molar-refractivity contribution in [1.82, 2.24) is 15.5 Å². The fraction of sp³-hybridized carbons (Fsp3) is 0.375.